The van der Waals surface area contributed by atoms with Gasteiger partial charge in [0.05, 0.1) is 5.69 Å². The summed E-state index contributed by atoms with van der Waals surface area (Å²) in [6.45, 7) is 4.96. The van der Waals surface area contributed by atoms with Gasteiger partial charge >= 0.3 is 0 Å². The zero-order chi connectivity index (χ0) is 12.3. The summed E-state index contributed by atoms with van der Waals surface area (Å²) < 4.78 is 6.55. The van der Waals surface area contributed by atoms with E-state index in [1.165, 1.54) is 3.57 Å². The van der Waals surface area contributed by atoms with Crippen LogP contribution in [0, 0.1) is 3.57 Å². The lowest BCUT2D eigenvalue weighted by molar-refractivity contribution is 0.417. The molecule has 1 N–H and O–H groups in total. The molecule has 0 aliphatic heterocycles. The lowest BCUT2D eigenvalue weighted by Gasteiger charge is -2.03. The Kier molecular flexibility index (Phi) is 4.17. The van der Waals surface area contributed by atoms with E-state index < -0.39 is 0 Å². The van der Waals surface area contributed by atoms with Crippen LogP contribution in [0.2, 0.25) is 0 Å². The molecule has 2 aromatic rings. The highest BCUT2D eigenvalue weighted by Crippen LogP contribution is 2.21. The van der Waals surface area contributed by atoms with Gasteiger partial charge < -0.3 is 9.84 Å². The summed E-state index contributed by atoms with van der Waals surface area (Å²) >= 11 is 2.29. The van der Waals surface area contributed by atoms with E-state index in [4.69, 9.17) is 4.52 Å². The third kappa shape index (κ3) is 3.54. The van der Waals surface area contributed by atoms with Crippen molar-refractivity contribution in [1.82, 2.24) is 10.5 Å². The molecule has 1 aromatic heterocycles. The molecule has 0 radical (unpaired) electrons. The van der Waals surface area contributed by atoms with Crippen molar-refractivity contribution < 1.29 is 4.52 Å². The molecule has 1 aromatic carbocycles. The van der Waals surface area contributed by atoms with Gasteiger partial charge in [0.15, 0.2) is 5.76 Å². The highest BCUT2D eigenvalue weighted by Gasteiger charge is 2.06. The summed E-state index contributed by atoms with van der Waals surface area (Å²) in [5.74, 6) is 0.821. The summed E-state index contributed by atoms with van der Waals surface area (Å²) in [5.41, 5.74) is 2.00. The number of nitrogens with one attached hydrogen (secondary N) is 1. The van der Waals surface area contributed by atoms with Gasteiger partial charge in [-0.2, -0.15) is 0 Å². The van der Waals surface area contributed by atoms with E-state index in [-0.39, 0.29) is 0 Å². The maximum atomic E-state index is 5.33. The maximum Gasteiger partial charge on any atom is 0.167 e. The number of hydrogen-bond donors (Lipinski definition) is 1. The van der Waals surface area contributed by atoms with E-state index in [2.05, 4.69) is 59.0 Å². The molecule has 0 fully saturated rings. The first-order chi connectivity index (χ1) is 8.15. The summed E-state index contributed by atoms with van der Waals surface area (Å²) in [5, 5.41) is 7.36. The minimum absolute atomic E-state index is 0.452. The fourth-order valence-electron chi connectivity index (χ4n) is 1.45. The van der Waals surface area contributed by atoms with E-state index in [9.17, 15) is 0 Å². The Balaban J connectivity index is 2.10. The Morgan fingerprint density at radius 1 is 1.29 bits per heavy atom. The number of halogens is 1. The average Bonchev–Trinajstić information content (AvgIpc) is 2.76. The number of nitrogens with zero attached hydrogens (tertiary/aromatic N) is 1. The molecular weight excluding hydrogens is 327 g/mol. The fourth-order valence-corrected chi connectivity index (χ4v) is 1.81. The second-order valence-electron chi connectivity index (χ2n) is 4.22. The van der Waals surface area contributed by atoms with Crippen molar-refractivity contribution in [3.8, 4) is 11.3 Å². The Hall–Kier alpha value is -0.880. The fraction of sp³-hybridized carbons (Fsp3) is 0.308. The zero-order valence-electron chi connectivity index (χ0n) is 9.90. The first-order valence-corrected chi connectivity index (χ1v) is 6.68. The SMILES string of the molecule is CC(C)NCc1cc(-c2ccc(I)cc2)on1. The predicted octanol–water partition coefficient (Wildman–Crippen LogP) is 3.44. The number of hydrogen-bond acceptors (Lipinski definition) is 3. The molecule has 0 atom stereocenters. The van der Waals surface area contributed by atoms with Crippen molar-refractivity contribution in [1.29, 1.82) is 0 Å². The maximum absolute atomic E-state index is 5.33. The van der Waals surface area contributed by atoms with Crippen LogP contribution < -0.4 is 5.32 Å². The summed E-state index contributed by atoms with van der Waals surface area (Å²) in [6.07, 6.45) is 0. The van der Waals surface area contributed by atoms with E-state index >= 15 is 0 Å². The first kappa shape index (κ1) is 12.6. The molecule has 0 saturated carbocycles. The van der Waals surface area contributed by atoms with E-state index in [0.29, 0.717) is 6.04 Å². The standard InChI is InChI=1S/C13H15IN2O/c1-9(2)15-8-12-7-13(17-16-12)10-3-5-11(14)6-4-10/h3-7,9,15H,8H2,1-2H3. The third-order valence-corrected chi connectivity index (χ3v) is 3.10. The summed E-state index contributed by atoms with van der Waals surface area (Å²) in [4.78, 5) is 0. The van der Waals surface area contributed by atoms with Gasteiger partial charge in [-0.1, -0.05) is 31.1 Å². The van der Waals surface area contributed by atoms with E-state index in [1.807, 2.05) is 18.2 Å². The van der Waals surface area contributed by atoms with Crippen molar-refractivity contribution >= 4 is 22.6 Å². The molecule has 0 amide bonds. The van der Waals surface area contributed by atoms with Crippen LogP contribution in [0.5, 0.6) is 0 Å². The highest BCUT2D eigenvalue weighted by molar-refractivity contribution is 14.1. The minimum Gasteiger partial charge on any atom is -0.356 e. The van der Waals surface area contributed by atoms with Crippen LogP contribution in [-0.2, 0) is 6.54 Å². The van der Waals surface area contributed by atoms with Crippen LogP contribution in [-0.4, -0.2) is 11.2 Å². The Morgan fingerprint density at radius 3 is 2.65 bits per heavy atom. The zero-order valence-corrected chi connectivity index (χ0v) is 12.1. The molecule has 0 aliphatic carbocycles. The Bertz CT molecular complexity index is 476. The molecule has 0 aliphatic rings. The van der Waals surface area contributed by atoms with Gasteiger partial charge in [-0.3, -0.25) is 0 Å². The monoisotopic (exact) mass is 342 g/mol. The van der Waals surface area contributed by atoms with Gasteiger partial charge in [-0.25, -0.2) is 0 Å². The van der Waals surface area contributed by atoms with Crippen LogP contribution in [0.25, 0.3) is 11.3 Å². The van der Waals surface area contributed by atoms with Crippen molar-refractivity contribution in [3.63, 3.8) is 0 Å². The summed E-state index contributed by atoms with van der Waals surface area (Å²) in [7, 11) is 0. The smallest absolute Gasteiger partial charge is 0.167 e. The molecule has 0 saturated heterocycles. The second kappa shape index (κ2) is 5.64. The molecule has 0 spiro atoms. The molecular formula is C13H15IN2O. The topological polar surface area (TPSA) is 38.1 Å². The highest BCUT2D eigenvalue weighted by atomic mass is 127. The van der Waals surface area contributed by atoms with E-state index in [0.717, 1.165) is 23.6 Å². The van der Waals surface area contributed by atoms with Crippen molar-refractivity contribution in [2.24, 2.45) is 0 Å². The van der Waals surface area contributed by atoms with Gasteiger partial charge in [0, 0.05) is 27.8 Å². The number of rotatable bonds is 4. The van der Waals surface area contributed by atoms with Crippen LogP contribution >= 0.6 is 22.6 Å². The van der Waals surface area contributed by atoms with E-state index in [1.54, 1.807) is 0 Å². The quantitative estimate of drug-likeness (QED) is 0.865. The van der Waals surface area contributed by atoms with Crippen molar-refractivity contribution in [2.75, 3.05) is 0 Å². The van der Waals surface area contributed by atoms with Crippen LogP contribution in [0.4, 0.5) is 0 Å². The predicted molar refractivity (Wildman–Crippen MR) is 76.6 cm³/mol. The third-order valence-electron chi connectivity index (χ3n) is 2.38. The normalized spacial score (nSPS) is 11.1. The van der Waals surface area contributed by atoms with Crippen LogP contribution in [0.15, 0.2) is 34.9 Å². The van der Waals surface area contributed by atoms with Crippen molar-refractivity contribution in [2.45, 2.75) is 26.4 Å². The molecule has 0 bridgehead atoms. The largest absolute Gasteiger partial charge is 0.356 e. The molecule has 4 heteroatoms. The van der Waals surface area contributed by atoms with Crippen LogP contribution in [0.3, 0.4) is 0 Å². The van der Waals surface area contributed by atoms with Crippen LogP contribution in [0.1, 0.15) is 19.5 Å². The van der Waals surface area contributed by atoms with Gasteiger partial charge in [-0.15, -0.1) is 0 Å². The molecule has 17 heavy (non-hydrogen) atoms. The van der Waals surface area contributed by atoms with Gasteiger partial charge in [0.25, 0.3) is 0 Å². The Labute approximate surface area is 115 Å². The summed E-state index contributed by atoms with van der Waals surface area (Å²) in [6, 6.07) is 10.6. The number of aromatic nitrogens is 1. The van der Waals surface area contributed by atoms with Gasteiger partial charge in [-0.05, 0) is 34.7 Å². The molecule has 3 nitrogen and oxygen atoms in total. The Morgan fingerprint density at radius 2 is 2.00 bits per heavy atom. The molecule has 90 valence electrons. The lowest BCUT2D eigenvalue weighted by atomic mass is 10.1. The number of benzene rings is 1. The van der Waals surface area contributed by atoms with Gasteiger partial charge in [0.2, 0.25) is 0 Å². The minimum atomic E-state index is 0.452. The molecule has 0 unspecified atom stereocenters. The first-order valence-electron chi connectivity index (χ1n) is 5.60. The molecule has 1 heterocycles. The second-order valence-corrected chi connectivity index (χ2v) is 5.47. The lowest BCUT2D eigenvalue weighted by Crippen LogP contribution is -2.21. The average molecular weight is 342 g/mol. The van der Waals surface area contributed by atoms with Crippen molar-refractivity contribution in [3.05, 3.63) is 39.6 Å². The molecule has 2 rings (SSSR count). The van der Waals surface area contributed by atoms with Gasteiger partial charge in [0.1, 0.15) is 0 Å².